The zero-order chi connectivity index (χ0) is 10.7. The highest BCUT2D eigenvalue weighted by Crippen LogP contribution is 2.32. The minimum absolute atomic E-state index is 0.676. The third kappa shape index (κ3) is 1.89. The average Bonchev–Trinajstić information content (AvgIpc) is 2.74. The first-order valence-electron chi connectivity index (χ1n) is 5.08. The summed E-state index contributed by atoms with van der Waals surface area (Å²) in [5.41, 5.74) is 3.29. The second-order valence-corrected chi connectivity index (χ2v) is 3.40. The van der Waals surface area contributed by atoms with Crippen molar-refractivity contribution in [3.63, 3.8) is 0 Å². The maximum Gasteiger partial charge on any atom is 0.130 e. The van der Waals surface area contributed by atoms with Crippen molar-refractivity contribution < 1.29 is 9.15 Å². The number of para-hydroxylation sites is 1. The van der Waals surface area contributed by atoms with Crippen LogP contribution in [0.2, 0.25) is 0 Å². The topological polar surface area (TPSA) is 22.4 Å². The molecule has 0 spiro atoms. The maximum atomic E-state index is 5.65. The van der Waals surface area contributed by atoms with E-state index in [4.69, 9.17) is 9.15 Å². The van der Waals surface area contributed by atoms with Gasteiger partial charge in [0.25, 0.3) is 0 Å². The van der Waals surface area contributed by atoms with Crippen LogP contribution >= 0.6 is 0 Å². The molecule has 0 N–H and O–H groups in total. The van der Waals surface area contributed by atoms with Gasteiger partial charge in [-0.1, -0.05) is 18.2 Å². The van der Waals surface area contributed by atoms with Crippen LogP contribution in [-0.2, 0) is 0 Å². The Morgan fingerprint density at radius 2 is 2.13 bits per heavy atom. The number of benzene rings is 1. The van der Waals surface area contributed by atoms with Crippen molar-refractivity contribution in [2.45, 2.75) is 13.8 Å². The van der Waals surface area contributed by atoms with Crippen molar-refractivity contribution in [2.24, 2.45) is 0 Å². The van der Waals surface area contributed by atoms with Gasteiger partial charge in [0.05, 0.1) is 19.1 Å². The van der Waals surface area contributed by atoms with Crippen LogP contribution in [0.3, 0.4) is 0 Å². The highest BCUT2D eigenvalue weighted by Gasteiger charge is 2.09. The molecule has 0 radical (unpaired) electrons. The maximum absolute atomic E-state index is 5.65. The summed E-state index contributed by atoms with van der Waals surface area (Å²) in [6, 6.07) is 8.06. The van der Waals surface area contributed by atoms with E-state index in [1.807, 2.05) is 25.1 Å². The van der Waals surface area contributed by atoms with Gasteiger partial charge >= 0.3 is 0 Å². The summed E-state index contributed by atoms with van der Waals surface area (Å²) < 4.78 is 10.7. The molecule has 0 bridgehead atoms. The molecular weight excluding hydrogens is 188 g/mol. The molecule has 0 saturated heterocycles. The van der Waals surface area contributed by atoms with E-state index in [0.29, 0.717) is 6.61 Å². The van der Waals surface area contributed by atoms with E-state index < -0.39 is 0 Å². The summed E-state index contributed by atoms with van der Waals surface area (Å²) >= 11 is 0. The Balaban J connectivity index is 2.51. The van der Waals surface area contributed by atoms with Crippen molar-refractivity contribution in [1.29, 1.82) is 0 Å². The molecule has 78 valence electrons. The summed E-state index contributed by atoms with van der Waals surface area (Å²) in [6.45, 7) is 4.72. The lowest BCUT2D eigenvalue weighted by Gasteiger charge is -2.11. The number of hydrogen-bond donors (Lipinski definition) is 0. The first-order valence-corrected chi connectivity index (χ1v) is 5.08. The van der Waals surface area contributed by atoms with Gasteiger partial charge in [-0.3, -0.25) is 0 Å². The van der Waals surface area contributed by atoms with E-state index in [-0.39, 0.29) is 0 Å². The van der Waals surface area contributed by atoms with Crippen molar-refractivity contribution >= 4 is 0 Å². The molecule has 2 nitrogen and oxygen atoms in total. The highest BCUT2D eigenvalue weighted by atomic mass is 16.5. The fourth-order valence-electron chi connectivity index (χ4n) is 1.63. The molecule has 0 saturated carbocycles. The van der Waals surface area contributed by atoms with Crippen LogP contribution in [-0.4, -0.2) is 6.61 Å². The van der Waals surface area contributed by atoms with Gasteiger partial charge in [-0.15, -0.1) is 0 Å². The lowest BCUT2D eigenvalue weighted by Crippen LogP contribution is -1.96. The second kappa shape index (κ2) is 4.22. The number of ether oxygens (including phenoxy) is 1. The van der Waals surface area contributed by atoms with E-state index in [1.54, 1.807) is 12.5 Å². The molecule has 2 aromatic rings. The molecule has 1 aromatic heterocycles. The van der Waals surface area contributed by atoms with Gasteiger partial charge < -0.3 is 9.15 Å². The van der Waals surface area contributed by atoms with Crippen LogP contribution in [0.1, 0.15) is 12.5 Å². The van der Waals surface area contributed by atoms with Gasteiger partial charge in [0.2, 0.25) is 0 Å². The molecule has 15 heavy (non-hydrogen) atoms. The molecule has 1 heterocycles. The van der Waals surface area contributed by atoms with Crippen molar-refractivity contribution in [3.8, 4) is 16.9 Å². The molecule has 0 amide bonds. The van der Waals surface area contributed by atoms with Crippen LogP contribution < -0.4 is 4.74 Å². The summed E-state index contributed by atoms with van der Waals surface area (Å²) in [6.07, 6.45) is 3.41. The first-order chi connectivity index (χ1) is 7.33. The van der Waals surface area contributed by atoms with E-state index in [1.165, 1.54) is 0 Å². The fraction of sp³-hybridized carbons (Fsp3) is 0.231. The minimum Gasteiger partial charge on any atom is -0.493 e. The molecule has 0 aliphatic heterocycles. The van der Waals surface area contributed by atoms with Gasteiger partial charge in [0, 0.05) is 11.1 Å². The molecule has 1 aromatic carbocycles. The summed E-state index contributed by atoms with van der Waals surface area (Å²) in [5.74, 6) is 0.946. The number of aryl methyl sites for hydroxylation is 1. The Morgan fingerprint density at radius 3 is 2.80 bits per heavy atom. The van der Waals surface area contributed by atoms with E-state index in [9.17, 15) is 0 Å². The van der Waals surface area contributed by atoms with Gasteiger partial charge in [-0.25, -0.2) is 0 Å². The Labute approximate surface area is 89.5 Å². The molecule has 0 fully saturated rings. The molecule has 0 aliphatic carbocycles. The van der Waals surface area contributed by atoms with Gasteiger partial charge in [0.1, 0.15) is 5.75 Å². The van der Waals surface area contributed by atoms with Crippen molar-refractivity contribution in [3.05, 3.63) is 42.4 Å². The van der Waals surface area contributed by atoms with E-state index >= 15 is 0 Å². The number of furan rings is 1. The zero-order valence-electron chi connectivity index (χ0n) is 8.99. The quantitative estimate of drug-likeness (QED) is 0.758. The zero-order valence-corrected chi connectivity index (χ0v) is 8.99. The average molecular weight is 202 g/mol. The Bertz CT molecular complexity index is 430. The van der Waals surface area contributed by atoms with Crippen molar-refractivity contribution in [2.75, 3.05) is 6.61 Å². The van der Waals surface area contributed by atoms with Crippen LogP contribution in [0, 0.1) is 6.92 Å². The molecule has 2 heteroatoms. The van der Waals surface area contributed by atoms with Crippen molar-refractivity contribution in [1.82, 2.24) is 0 Å². The number of hydrogen-bond acceptors (Lipinski definition) is 2. The van der Waals surface area contributed by atoms with Crippen LogP contribution in [0.25, 0.3) is 11.1 Å². The van der Waals surface area contributed by atoms with Gasteiger partial charge in [-0.05, 0) is 25.5 Å². The Hall–Kier alpha value is -1.70. The minimum atomic E-state index is 0.676. The predicted octanol–water partition coefficient (Wildman–Crippen LogP) is 3.65. The molecule has 2 rings (SSSR count). The van der Waals surface area contributed by atoms with E-state index in [0.717, 1.165) is 22.4 Å². The SMILES string of the molecule is CCOc1c(C)cccc1-c1ccoc1. The highest BCUT2D eigenvalue weighted by molar-refractivity contribution is 5.71. The third-order valence-electron chi connectivity index (χ3n) is 2.33. The third-order valence-corrected chi connectivity index (χ3v) is 2.33. The Kier molecular flexibility index (Phi) is 2.77. The largest absolute Gasteiger partial charge is 0.493 e. The number of rotatable bonds is 3. The fourth-order valence-corrected chi connectivity index (χ4v) is 1.63. The van der Waals surface area contributed by atoms with Gasteiger partial charge in [0.15, 0.2) is 0 Å². The van der Waals surface area contributed by atoms with Crippen LogP contribution in [0.4, 0.5) is 0 Å². The van der Waals surface area contributed by atoms with Crippen LogP contribution in [0.5, 0.6) is 5.75 Å². The standard InChI is InChI=1S/C13H14O2/c1-3-15-13-10(2)5-4-6-12(13)11-7-8-14-9-11/h4-9H,3H2,1-2H3. The summed E-state index contributed by atoms with van der Waals surface area (Å²) in [7, 11) is 0. The van der Waals surface area contributed by atoms with E-state index in [2.05, 4.69) is 13.0 Å². The lowest BCUT2D eigenvalue weighted by atomic mass is 10.0. The summed E-state index contributed by atoms with van der Waals surface area (Å²) in [5, 5.41) is 0. The first kappa shape index (κ1) is 9.84. The smallest absolute Gasteiger partial charge is 0.130 e. The van der Waals surface area contributed by atoms with Gasteiger partial charge in [-0.2, -0.15) is 0 Å². The predicted molar refractivity (Wildman–Crippen MR) is 60.1 cm³/mol. The second-order valence-electron chi connectivity index (χ2n) is 3.40. The lowest BCUT2D eigenvalue weighted by molar-refractivity contribution is 0.339. The molecule has 0 unspecified atom stereocenters. The molecule has 0 atom stereocenters. The summed E-state index contributed by atoms with van der Waals surface area (Å²) in [4.78, 5) is 0. The van der Waals surface area contributed by atoms with Crippen LogP contribution in [0.15, 0.2) is 41.2 Å². The molecule has 0 aliphatic rings. The Morgan fingerprint density at radius 1 is 1.27 bits per heavy atom. The normalized spacial score (nSPS) is 10.3. The molecular formula is C13H14O2. The monoisotopic (exact) mass is 202 g/mol.